The number of likely N-dealkylation sites (tertiary alicyclic amines) is 1. The van der Waals surface area contributed by atoms with Crippen LogP contribution in [-0.2, 0) is 11.3 Å². The van der Waals surface area contributed by atoms with Crippen molar-refractivity contribution < 1.29 is 9.32 Å². The van der Waals surface area contributed by atoms with Crippen molar-refractivity contribution in [2.24, 2.45) is 0 Å². The van der Waals surface area contributed by atoms with Gasteiger partial charge in [0.25, 0.3) is 0 Å². The Morgan fingerprint density at radius 1 is 1.47 bits per heavy atom. The van der Waals surface area contributed by atoms with Crippen LogP contribution in [0.3, 0.4) is 0 Å². The van der Waals surface area contributed by atoms with Gasteiger partial charge in [0, 0.05) is 19.5 Å². The van der Waals surface area contributed by atoms with E-state index in [2.05, 4.69) is 15.5 Å². The maximum absolute atomic E-state index is 12.1. The van der Waals surface area contributed by atoms with Gasteiger partial charge in [-0.1, -0.05) is 5.16 Å². The molecule has 1 aliphatic carbocycles. The third-order valence-corrected chi connectivity index (χ3v) is 3.21. The van der Waals surface area contributed by atoms with Gasteiger partial charge in [-0.15, -0.1) is 0 Å². The first-order chi connectivity index (χ1) is 8.22. The fourth-order valence-electron chi connectivity index (χ4n) is 2.16. The molecule has 1 N–H and O–H groups in total. The van der Waals surface area contributed by atoms with Gasteiger partial charge in [-0.05, 0) is 19.3 Å². The van der Waals surface area contributed by atoms with Gasteiger partial charge in [-0.3, -0.25) is 4.79 Å². The average molecular weight is 236 g/mol. The lowest BCUT2D eigenvalue weighted by Crippen LogP contribution is -2.39. The number of hydrogen-bond acceptors (Lipinski definition) is 5. The Balaban J connectivity index is 1.59. The lowest BCUT2D eigenvalue weighted by atomic mass is 10.2. The van der Waals surface area contributed by atoms with E-state index in [4.69, 9.17) is 4.52 Å². The van der Waals surface area contributed by atoms with Crippen molar-refractivity contribution in [1.29, 1.82) is 0 Å². The van der Waals surface area contributed by atoms with E-state index in [9.17, 15) is 4.79 Å². The summed E-state index contributed by atoms with van der Waals surface area (Å²) in [6.07, 6.45) is 3.29. The molecule has 1 aromatic rings. The maximum Gasteiger partial charge on any atom is 0.240 e. The van der Waals surface area contributed by atoms with Crippen molar-refractivity contribution in [3.63, 3.8) is 0 Å². The molecular weight excluding hydrogens is 220 g/mol. The zero-order valence-electron chi connectivity index (χ0n) is 9.85. The number of carbonyl (C=O) groups is 1. The van der Waals surface area contributed by atoms with Crippen LogP contribution in [-0.4, -0.2) is 39.6 Å². The largest absolute Gasteiger partial charge is 0.340 e. The number of carbonyl (C=O) groups excluding carboxylic acids is 1. The molecule has 2 heterocycles. The highest BCUT2D eigenvalue weighted by Crippen LogP contribution is 2.23. The highest BCUT2D eigenvalue weighted by Gasteiger charge is 2.35. The van der Waals surface area contributed by atoms with Crippen LogP contribution >= 0.6 is 0 Å². The zero-order chi connectivity index (χ0) is 11.8. The molecule has 1 aliphatic heterocycles. The number of nitrogens with one attached hydrogen (secondary N) is 1. The molecule has 1 aromatic heterocycles. The summed E-state index contributed by atoms with van der Waals surface area (Å²) in [5, 5.41) is 7.18. The average Bonchev–Trinajstić information content (AvgIpc) is 2.94. The van der Waals surface area contributed by atoms with E-state index in [-0.39, 0.29) is 11.9 Å². The van der Waals surface area contributed by atoms with E-state index in [0.29, 0.717) is 24.3 Å². The molecule has 1 saturated heterocycles. The highest BCUT2D eigenvalue weighted by atomic mass is 16.5. The van der Waals surface area contributed by atoms with E-state index in [1.807, 2.05) is 0 Å². The summed E-state index contributed by atoms with van der Waals surface area (Å²) in [7, 11) is 0. The molecule has 0 radical (unpaired) electrons. The fourth-order valence-corrected chi connectivity index (χ4v) is 2.16. The molecule has 0 aromatic carbocycles. The van der Waals surface area contributed by atoms with Gasteiger partial charge in [0.2, 0.25) is 11.8 Å². The van der Waals surface area contributed by atoms with Gasteiger partial charge in [0.1, 0.15) is 0 Å². The van der Waals surface area contributed by atoms with Gasteiger partial charge in [-0.2, -0.15) is 4.98 Å². The monoisotopic (exact) mass is 236 g/mol. The van der Waals surface area contributed by atoms with Crippen molar-refractivity contribution in [2.75, 3.05) is 6.54 Å². The van der Waals surface area contributed by atoms with Crippen LogP contribution in [0, 0.1) is 6.92 Å². The van der Waals surface area contributed by atoms with Gasteiger partial charge >= 0.3 is 0 Å². The highest BCUT2D eigenvalue weighted by molar-refractivity contribution is 5.83. The minimum absolute atomic E-state index is 0.00417. The molecule has 17 heavy (non-hydrogen) atoms. The van der Waals surface area contributed by atoms with Crippen molar-refractivity contribution in [2.45, 2.75) is 44.8 Å². The summed E-state index contributed by atoms with van der Waals surface area (Å²) in [5.74, 6) is 1.29. The molecule has 92 valence electrons. The number of rotatable bonds is 4. The molecule has 2 aliphatic rings. The zero-order valence-corrected chi connectivity index (χ0v) is 9.85. The number of nitrogens with zero attached hydrogens (tertiary/aromatic N) is 3. The van der Waals surface area contributed by atoms with Crippen molar-refractivity contribution in [3.8, 4) is 0 Å². The lowest BCUT2D eigenvalue weighted by Gasteiger charge is -2.14. The summed E-state index contributed by atoms with van der Waals surface area (Å²) in [6.45, 7) is 2.98. The van der Waals surface area contributed by atoms with E-state index < -0.39 is 0 Å². The summed E-state index contributed by atoms with van der Waals surface area (Å²) >= 11 is 0. The predicted octanol–water partition coefficient (Wildman–Crippen LogP) is 0.231. The number of aryl methyl sites for hydroxylation is 1. The Bertz CT molecular complexity index is 427. The molecule has 1 saturated carbocycles. The Morgan fingerprint density at radius 2 is 2.29 bits per heavy atom. The summed E-state index contributed by atoms with van der Waals surface area (Å²) in [4.78, 5) is 18.0. The summed E-state index contributed by atoms with van der Waals surface area (Å²) < 4.78 is 4.90. The van der Waals surface area contributed by atoms with Crippen LogP contribution in [0.25, 0.3) is 0 Å². The molecule has 0 spiro atoms. The fraction of sp³-hybridized carbons (Fsp3) is 0.727. The molecule has 1 atom stereocenters. The Labute approximate surface area is 99.4 Å². The topological polar surface area (TPSA) is 71.3 Å². The van der Waals surface area contributed by atoms with Crippen LogP contribution in [0.2, 0.25) is 0 Å². The lowest BCUT2D eigenvalue weighted by molar-refractivity contribution is -0.130. The van der Waals surface area contributed by atoms with Crippen LogP contribution in [0.15, 0.2) is 4.52 Å². The molecular formula is C11H16N4O2. The second-order valence-electron chi connectivity index (χ2n) is 4.77. The first-order valence-corrected chi connectivity index (χ1v) is 6.06. The number of hydrogen-bond donors (Lipinski definition) is 1. The normalized spacial score (nSPS) is 24.6. The summed E-state index contributed by atoms with van der Waals surface area (Å²) in [5.41, 5.74) is 0. The predicted molar refractivity (Wildman–Crippen MR) is 59.0 cm³/mol. The van der Waals surface area contributed by atoms with E-state index >= 15 is 0 Å². The van der Waals surface area contributed by atoms with Crippen LogP contribution < -0.4 is 5.32 Å². The summed E-state index contributed by atoms with van der Waals surface area (Å²) in [6, 6.07) is 0.562. The first-order valence-electron chi connectivity index (χ1n) is 6.06. The van der Waals surface area contributed by atoms with Gasteiger partial charge < -0.3 is 14.7 Å². The molecule has 6 nitrogen and oxygen atoms in total. The maximum atomic E-state index is 12.1. The molecule has 1 amide bonds. The third-order valence-electron chi connectivity index (χ3n) is 3.21. The molecule has 0 bridgehead atoms. The van der Waals surface area contributed by atoms with E-state index in [1.54, 1.807) is 11.8 Å². The molecule has 2 fully saturated rings. The van der Waals surface area contributed by atoms with E-state index in [0.717, 1.165) is 13.0 Å². The standard InChI is InChI=1S/C11H16N4O2/c1-7-12-10(14-17-7)6-15-5-4-9(11(15)16)13-8-2-3-8/h8-9,13H,2-6H2,1H3. The number of amides is 1. The molecule has 6 heteroatoms. The number of aromatic nitrogens is 2. The molecule has 3 rings (SSSR count). The Morgan fingerprint density at radius 3 is 2.94 bits per heavy atom. The smallest absolute Gasteiger partial charge is 0.240 e. The van der Waals surface area contributed by atoms with Crippen LogP contribution in [0.5, 0.6) is 0 Å². The Hall–Kier alpha value is -1.43. The van der Waals surface area contributed by atoms with Gasteiger partial charge in [0.05, 0.1) is 12.6 Å². The van der Waals surface area contributed by atoms with E-state index in [1.165, 1.54) is 12.8 Å². The SMILES string of the molecule is Cc1nc(CN2CCC(NC3CC3)C2=O)no1. The minimum Gasteiger partial charge on any atom is -0.340 e. The Kier molecular flexibility index (Phi) is 2.58. The third kappa shape index (κ3) is 2.31. The molecule has 1 unspecified atom stereocenters. The van der Waals surface area contributed by atoms with Crippen molar-refractivity contribution in [1.82, 2.24) is 20.4 Å². The quantitative estimate of drug-likeness (QED) is 0.810. The second kappa shape index (κ2) is 4.10. The van der Waals surface area contributed by atoms with Crippen LogP contribution in [0.1, 0.15) is 31.0 Å². The minimum atomic E-state index is -0.00417. The van der Waals surface area contributed by atoms with Crippen molar-refractivity contribution >= 4 is 5.91 Å². The second-order valence-corrected chi connectivity index (χ2v) is 4.77. The van der Waals surface area contributed by atoms with Crippen molar-refractivity contribution in [3.05, 3.63) is 11.7 Å². The van der Waals surface area contributed by atoms with Gasteiger partial charge in [-0.25, -0.2) is 0 Å². The first kappa shape index (κ1) is 10.7. The van der Waals surface area contributed by atoms with Crippen LogP contribution in [0.4, 0.5) is 0 Å². The van der Waals surface area contributed by atoms with Gasteiger partial charge in [0.15, 0.2) is 5.82 Å².